The van der Waals surface area contributed by atoms with Crippen LogP contribution in [0.5, 0.6) is 5.75 Å². The number of carbonyl (C=O) groups excluding carboxylic acids is 2. The SMILES string of the molecule is COc1ccc(CN(C(=O)c2ccccc2)c2ccc(CC(=O)NCCN(C)C)cc2)cc1. The predicted molar refractivity (Wildman–Crippen MR) is 132 cm³/mol. The number of nitrogens with one attached hydrogen (secondary N) is 1. The highest BCUT2D eigenvalue weighted by Gasteiger charge is 2.18. The van der Waals surface area contributed by atoms with Gasteiger partial charge in [0.05, 0.1) is 20.1 Å². The fourth-order valence-corrected chi connectivity index (χ4v) is 3.39. The maximum absolute atomic E-state index is 13.3. The van der Waals surface area contributed by atoms with Crippen molar-refractivity contribution in [3.8, 4) is 5.75 Å². The second kappa shape index (κ2) is 11.8. The van der Waals surface area contributed by atoms with Crippen LogP contribution in [0.15, 0.2) is 78.9 Å². The van der Waals surface area contributed by atoms with Gasteiger partial charge in [-0.15, -0.1) is 0 Å². The van der Waals surface area contributed by atoms with Crippen molar-refractivity contribution < 1.29 is 14.3 Å². The molecule has 0 radical (unpaired) electrons. The van der Waals surface area contributed by atoms with Gasteiger partial charge in [-0.05, 0) is 61.6 Å². The quantitative estimate of drug-likeness (QED) is 0.516. The fourth-order valence-electron chi connectivity index (χ4n) is 3.39. The zero-order valence-electron chi connectivity index (χ0n) is 19.5. The zero-order valence-corrected chi connectivity index (χ0v) is 19.5. The molecule has 0 aromatic heterocycles. The summed E-state index contributed by atoms with van der Waals surface area (Å²) in [4.78, 5) is 29.3. The van der Waals surface area contributed by atoms with Crippen molar-refractivity contribution in [2.24, 2.45) is 0 Å². The molecular weight excluding hydrogens is 414 g/mol. The van der Waals surface area contributed by atoms with Gasteiger partial charge < -0.3 is 19.9 Å². The van der Waals surface area contributed by atoms with Crippen LogP contribution in [0.2, 0.25) is 0 Å². The smallest absolute Gasteiger partial charge is 0.258 e. The Kier molecular flexibility index (Phi) is 8.61. The van der Waals surface area contributed by atoms with Gasteiger partial charge in [0.25, 0.3) is 5.91 Å². The van der Waals surface area contributed by atoms with Gasteiger partial charge >= 0.3 is 0 Å². The monoisotopic (exact) mass is 445 g/mol. The Morgan fingerprint density at radius 1 is 0.848 bits per heavy atom. The van der Waals surface area contributed by atoms with E-state index in [0.717, 1.165) is 29.1 Å². The van der Waals surface area contributed by atoms with E-state index in [0.29, 0.717) is 25.1 Å². The molecule has 0 spiro atoms. The molecule has 3 aromatic carbocycles. The number of amides is 2. The minimum atomic E-state index is -0.0828. The molecule has 33 heavy (non-hydrogen) atoms. The van der Waals surface area contributed by atoms with E-state index in [1.807, 2.05) is 97.9 Å². The lowest BCUT2D eigenvalue weighted by Crippen LogP contribution is -2.32. The van der Waals surface area contributed by atoms with Crippen molar-refractivity contribution in [1.29, 1.82) is 0 Å². The summed E-state index contributed by atoms with van der Waals surface area (Å²) in [7, 11) is 5.57. The molecule has 0 atom stereocenters. The van der Waals surface area contributed by atoms with Crippen molar-refractivity contribution in [3.63, 3.8) is 0 Å². The Morgan fingerprint density at radius 2 is 1.48 bits per heavy atom. The second-order valence-electron chi connectivity index (χ2n) is 8.10. The number of hydrogen-bond acceptors (Lipinski definition) is 4. The highest BCUT2D eigenvalue weighted by molar-refractivity contribution is 6.06. The molecule has 172 valence electrons. The normalized spacial score (nSPS) is 10.7. The third kappa shape index (κ3) is 7.19. The molecule has 1 N–H and O–H groups in total. The Balaban J connectivity index is 1.76. The van der Waals surface area contributed by atoms with E-state index < -0.39 is 0 Å². The first-order chi connectivity index (χ1) is 16.0. The summed E-state index contributed by atoms with van der Waals surface area (Å²) < 4.78 is 5.24. The standard InChI is InChI=1S/C27H31N3O3/c1-29(2)18-17-28-26(31)19-21-9-13-24(14-10-21)30(27(32)23-7-5-4-6-8-23)20-22-11-15-25(33-3)16-12-22/h4-16H,17-20H2,1-3H3,(H,28,31). The van der Waals surface area contributed by atoms with Gasteiger partial charge in [0.2, 0.25) is 5.91 Å². The van der Waals surface area contributed by atoms with Crippen molar-refractivity contribution in [2.45, 2.75) is 13.0 Å². The summed E-state index contributed by atoms with van der Waals surface area (Å²) in [6, 6.07) is 24.5. The molecular formula is C27H31N3O3. The van der Waals surface area contributed by atoms with Crippen molar-refractivity contribution >= 4 is 17.5 Å². The molecule has 6 heteroatoms. The van der Waals surface area contributed by atoms with Crippen LogP contribution in [0.25, 0.3) is 0 Å². The van der Waals surface area contributed by atoms with E-state index in [-0.39, 0.29) is 11.8 Å². The Labute approximate surface area is 195 Å². The number of likely N-dealkylation sites (N-methyl/N-ethyl adjacent to an activating group) is 1. The first kappa shape index (κ1) is 24.0. The van der Waals surface area contributed by atoms with Crippen molar-refractivity contribution in [3.05, 3.63) is 95.6 Å². The van der Waals surface area contributed by atoms with Crippen molar-refractivity contribution in [1.82, 2.24) is 10.2 Å². The van der Waals surface area contributed by atoms with Gasteiger partial charge in [0, 0.05) is 24.3 Å². The van der Waals surface area contributed by atoms with Crippen molar-refractivity contribution in [2.75, 3.05) is 39.2 Å². The summed E-state index contributed by atoms with van der Waals surface area (Å²) in [5.74, 6) is 0.675. The van der Waals surface area contributed by atoms with E-state index in [9.17, 15) is 9.59 Å². The molecule has 6 nitrogen and oxygen atoms in total. The van der Waals surface area contributed by atoms with E-state index in [1.165, 1.54) is 0 Å². The third-order valence-corrected chi connectivity index (χ3v) is 5.26. The maximum Gasteiger partial charge on any atom is 0.258 e. The van der Waals surface area contributed by atoms with Crippen LogP contribution in [0, 0.1) is 0 Å². The molecule has 0 bridgehead atoms. The Morgan fingerprint density at radius 3 is 2.09 bits per heavy atom. The van der Waals surface area contributed by atoms with Gasteiger partial charge in [0.1, 0.15) is 5.75 Å². The molecule has 0 unspecified atom stereocenters. The van der Waals surface area contributed by atoms with Gasteiger partial charge in [-0.1, -0.05) is 42.5 Å². The van der Waals surface area contributed by atoms with Gasteiger partial charge in [0.15, 0.2) is 0 Å². The van der Waals surface area contributed by atoms with Crippen LogP contribution in [0.1, 0.15) is 21.5 Å². The Bertz CT molecular complexity index is 1030. The number of anilines is 1. The molecule has 0 aliphatic heterocycles. The summed E-state index contributed by atoms with van der Waals surface area (Å²) in [6.45, 7) is 1.83. The van der Waals surface area contributed by atoms with Gasteiger partial charge in [-0.3, -0.25) is 9.59 Å². The maximum atomic E-state index is 13.3. The highest BCUT2D eigenvalue weighted by atomic mass is 16.5. The van der Waals surface area contributed by atoms with E-state index >= 15 is 0 Å². The predicted octanol–water partition coefficient (Wildman–Crippen LogP) is 3.76. The molecule has 3 rings (SSSR count). The third-order valence-electron chi connectivity index (χ3n) is 5.26. The average Bonchev–Trinajstić information content (AvgIpc) is 2.83. The van der Waals surface area contributed by atoms with Crippen LogP contribution in [0.3, 0.4) is 0 Å². The number of hydrogen-bond donors (Lipinski definition) is 1. The topological polar surface area (TPSA) is 61.9 Å². The largest absolute Gasteiger partial charge is 0.497 e. The number of benzene rings is 3. The number of rotatable bonds is 10. The lowest BCUT2D eigenvalue weighted by molar-refractivity contribution is -0.120. The molecule has 0 heterocycles. The summed E-state index contributed by atoms with van der Waals surface area (Å²) >= 11 is 0. The summed E-state index contributed by atoms with van der Waals surface area (Å²) in [5, 5.41) is 2.93. The molecule has 0 aliphatic carbocycles. The zero-order chi connectivity index (χ0) is 23.6. The van der Waals surface area contributed by atoms with E-state index in [2.05, 4.69) is 5.32 Å². The Hall–Kier alpha value is -3.64. The summed E-state index contributed by atoms with van der Waals surface area (Å²) in [5.41, 5.74) is 3.29. The highest BCUT2D eigenvalue weighted by Crippen LogP contribution is 2.22. The lowest BCUT2D eigenvalue weighted by Gasteiger charge is -2.24. The minimum absolute atomic E-state index is 0.0138. The van der Waals surface area contributed by atoms with Crippen LogP contribution in [-0.4, -0.2) is 51.0 Å². The second-order valence-corrected chi connectivity index (χ2v) is 8.10. The molecule has 0 saturated carbocycles. The molecule has 0 fully saturated rings. The minimum Gasteiger partial charge on any atom is -0.497 e. The molecule has 2 amide bonds. The van der Waals surface area contributed by atoms with Gasteiger partial charge in [-0.25, -0.2) is 0 Å². The number of carbonyl (C=O) groups is 2. The van der Waals surface area contributed by atoms with E-state index in [4.69, 9.17) is 4.74 Å². The van der Waals surface area contributed by atoms with Crippen LogP contribution >= 0.6 is 0 Å². The number of methoxy groups -OCH3 is 1. The lowest BCUT2D eigenvalue weighted by atomic mass is 10.1. The van der Waals surface area contributed by atoms with Crippen LogP contribution < -0.4 is 15.0 Å². The fraction of sp³-hybridized carbons (Fsp3) is 0.259. The van der Waals surface area contributed by atoms with Crippen LogP contribution in [0.4, 0.5) is 5.69 Å². The first-order valence-corrected chi connectivity index (χ1v) is 11.0. The summed E-state index contributed by atoms with van der Waals surface area (Å²) in [6.07, 6.45) is 0.304. The van der Waals surface area contributed by atoms with Gasteiger partial charge in [-0.2, -0.15) is 0 Å². The van der Waals surface area contributed by atoms with Crippen LogP contribution in [-0.2, 0) is 17.8 Å². The van der Waals surface area contributed by atoms with E-state index in [1.54, 1.807) is 12.0 Å². The molecule has 0 aliphatic rings. The number of nitrogens with zero attached hydrogens (tertiary/aromatic N) is 2. The average molecular weight is 446 g/mol. The number of ether oxygens (including phenoxy) is 1. The molecule has 0 saturated heterocycles. The first-order valence-electron chi connectivity index (χ1n) is 11.0. The molecule has 3 aromatic rings.